The second-order valence-electron chi connectivity index (χ2n) is 5.66. The Morgan fingerprint density at radius 2 is 1.69 bits per heavy atom. The lowest BCUT2D eigenvalue weighted by atomic mass is 10.1. The van der Waals surface area contributed by atoms with Crippen molar-refractivity contribution in [1.82, 2.24) is 5.16 Å². The minimum Gasteiger partial charge on any atom is -0.351 e. The molecule has 0 saturated carbocycles. The maximum Gasteiger partial charge on any atom is 0.294 e. The van der Waals surface area contributed by atoms with E-state index in [1.165, 1.54) is 12.1 Å². The largest absolute Gasteiger partial charge is 0.351 e. The molecule has 7 heteroatoms. The molecule has 0 aliphatic rings. The summed E-state index contributed by atoms with van der Waals surface area (Å²) in [4.78, 5) is 24.4. The molecule has 2 aromatic carbocycles. The summed E-state index contributed by atoms with van der Waals surface area (Å²) in [5.41, 5.74) is 2.37. The number of amides is 2. The predicted molar refractivity (Wildman–Crippen MR) is 94.8 cm³/mol. The zero-order chi connectivity index (χ0) is 18.5. The fraction of sp³-hybridized carbons (Fsp3) is 0.105. The van der Waals surface area contributed by atoms with Gasteiger partial charge in [0.2, 0.25) is 5.76 Å². The van der Waals surface area contributed by atoms with Crippen LogP contribution in [0.3, 0.4) is 0 Å². The monoisotopic (exact) mass is 353 g/mol. The maximum absolute atomic E-state index is 12.7. The molecule has 0 unspecified atom stereocenters. The molecular weight excluding hydrogens is 337 g/mol. The Bertz CT molecular complexity index is 952. The first-order valence-electron chi connectivity index (χ1n) is 7.86. The van der Waals surface area contributed by atoms with Crippen LogP contribution in [0.5, 0.6) is 0 Å². The third-order valence-electron chi connectivity index (χ3n) is 3.57. The van der Waals surface area contributed by atoms with Crippen molar-refractivity contribution in [3.05, 3.63) is 77.2 Å². The van der Waals surface area contributed by atoms with Gasteiger partial charge >= 0.3 is 0 Å². The van der Waals surface area contributed by atoms with Gasteiger partial charge in [-0.15, -0.1) is 0 Å². The smallest absolute Gasteiger partial charge is 0.294 e. The first-order chi connectivity index (χ1) is 12.5. The number of halogens is 1. The van der Waals surface area contributed by atoms with E-state index in [0.29, 0.717) is 28.2 Å². The quantitative estimate of drug-likeness (QED) is 0.727. The first kappa shape index (κ1) is 17.3. The lowest BCUT2D eigenvalue weighted by molar-refractivity contribution is 0.0986. The zero-order valence-electron chi connectivity index (χ0n) is 14.0. The average molecular weight is 353 g/mol. The summed E-state index contributed by atoms with van der Waals surface area (Å²) in [6.07, 6.45) is 0. The summed E-state index contributed by atoms with van der Waals surface area (Å²) in [5, 5.41) is 9.05. The molecule has 0 radical (unpaired) electrons. The van der Waals surface area contributed by atoms with Crippen molar-refractivity contribution >= 4 is 23.2 Å². The summed E-state index contributed by atoms with van der Waals surface area (Å²) in [7, 11) is 0. The molecule has 0 fully saturated rings. The number of carbonyl (C=O) groups excluding carboxylic acids is 2. The SMILES string of the molecule is Cc1cc(C(=O)Nc2cccc(NC(=O)c3cccc(CF)c3)c2)on1. The average Bonchev–Trinajstić information content (AvgIpc) is 3.08. The molecular formula is C19H16FN3O3. The van der Waals surface area contributed by atoms with Crippen molar-refractivity contribution in [2.24, 2.45) is 0 Å². The second-order valence-corrected chi connectivity index (χ2v) is 5.66. The zero-order valence-corrected chi connectivity index (χ0v) is 14.0. The normalized spacial score (nSPS) is 10.4. The van der Waals surface area contributed by atoms with Crippen LogP contribution in [0.15, 0.2) is 59.1 Å². The molecule has 132 valence electrons. The van der Waals surface area contributed by atoms with E-state index in [1.54, 1.807) is 49.4 Å². The van der Waals surface area contributed by atoms with Crippen molar-refractivity contribution < 1.29 is 18.5 Å². The van der Waals surface area contributed by atoms with Crippen LogP contribution in [0.2, 0.25) is 0 Å². The molecule has 0 aliphatic heterocycles. The van der Waals surface area contributed by atoms with Gasteiger partial charge in [0.05, 0.1) is 5.69 Å². The van der Waals surface area contributed by atoms with Crippen LogP contribution in [0.25, 0.3) is 0 Å². The van der Waals surface area contributed by atoms with Gasteiger partial charge in [0, 0.05) is 23.0 Å². The van der Waals surface area contributed by atoms with Crippen molar-refractivity contribution in [2.45, 2.75) is 13.6 Å². The number of anilines is 2. The van der Waals surface area contributed by atoms with E-state index in [9.17, 15) is 14.0 Å². The van der Waals surface area contributed by atoms with Crippen LogP contribution in [0, 0.1) is 6.92 Å². The second kappa shape index (κ2) is 7.60. The molecule has 3 rings (SSSR count). The van der Waals surface area contributed by atoms with E-state index < -0.39 is 12.6 Å². The summed E-state index contributed by atoms with van der Waals surface area (Å²) in [6, 6.07) is 14.5. The lowest BCUT2D eigenvalue weighted by Gasteiger charge is -2.08. The van der Waals surface area contributed by atoms with Gasteiger partial charge in [0.1, 0.15) is 6.67 Å². The van der Waals surface area contributed by atoms with E-state index in [2.05, 4.69) is 15.8 Å². The third kappa shape index (κ3) is 4.13. The highest BCUT2D eigenvalue weighted by molar-refractivity contribution is 6.05. The molecule has 1 heterocycles. The van der Waals surface area contributed by atoms with Crippen LogP contribution in [0.1, 0.15) is 32.2 Å². The molecule has 1 aromatic heterocycles. The topological polar surface area (TPSA) is 84.2 Å². The van der Waals surface area contributed by atoms with Crippen molar-refractivity contribution in [1.29, 1.82) is 0 Å². The molecule has 6 nitrogen and oxygen atoms in total. The predicted octanol–water partition coefficient (Wildman–Crippen LogP) is 3.96. The van der Waals surface area contributed by atoms with Gasteiger partial charge in [-0.25, -0.2) is 4.39 Å². The minimum absolute atomic E-state index is 0.0972. The van der Waals surface area contributed by atoms with Gasteiger partial charge in [0.25, 0.3) is 11.8 Å². The fourth-order valence-electron chi connectivity index (χ4n) is 2.34. The Kier molecular flexibility index (Phi) is 5.07. The van der Waals surface area contributed by atoms with Crippen molar-refractivity contribution in [2.75, 3.05) is 10.6 Å². The van der Waals surface area contributed by atoms with Gasteiger partial charge in [-0.05, 0) is 42.8 Å². The maximum atomic E-state index is 12.7. The number of nitrogens with zero attached hydrogens (tertiary/aromatic N) is 1. The van der Waals surface area contributed by atoms with Crippen LogP contribution in [-0.4, -0.2) is 17.0 Å². The van der Waals surface area contributed by atoms with Crippen LogP contribution < -0.4 is 10.6 Å². The Hall–Kier alpha value is -3.48. The molecule has 0 spiro atoms. The summed E-state index contributed by atoms with van der Waals surface area (Å²) >= 11 is 0. The highest BCUT2D eigenvalue weighted by Crippen LogP contribution is 2.18. The van der Waals surface area contributed by atoms with E-state index >= 15 is 0 Å². The summed E-state index contributed by atoms with van der Waals surface area (Å²) in [5.74, 6) is -0.709. The first-order valence-corrected chi connectivity index (χ1v) is 7.86. The third-order valence-corrected chi connectivity index (χ3v) is 3.57. The summed E-state index contributed by atoms with van der Waals surface area (Å²) < 4.78 is 17.6. The molecule has 0 bridgehead atoms. The van der Waals surface area contributed by atoms with E-state index in [-0.39, 0.29) is 11.7 Å². The Morgan fingerprint density at radius 1 is 1.00 bits per heavy atom. The minimum atomic E-state index is -0.635. The lowest BCUT2D eigenvalue weighted by Crippen LogP contribution is -2.13. The number of aryl methyl sites for hydroxylation is 1. The van der Waals surface area contributed by atoms with Crippen LogP contribution in [-0.2, 0) is 6.67 Å². The number of hydrogen-bond donors (Lipinski definition) is 2. The molecule has 2 N–H and O–H groups in total. The summed E-state index contributed by atoms with van der Waals surface area (Å²) in [6.45, 7) is 1.08. The van der Waals surface area contributed by atoms with Gasteiger partial charge in [0.15, 0.2) is 0 Å². The molecule has 26 heavy (non-hydrogen) atoms. The van der Waals surface area contributed by atoms with E-state index in [1.807, 2.05) is 0 Å². The number of alkyl halides is 1. The van der Waals surface area contributed by atoms with E-state index in [0.717, 1.165) is 0 Å². The van der Waals surface area contributed by atoms with Crippen molar-refractivity contribution in [3.8, 4) is 0 Å². The molecule has 0 aliphatic carbocycles. The Labute approximate surface area is 149 Å². The van der Waals surface area contributed by atoms with Gasteiger partial charge in [-0.1, -0.05) is 23.4 Å². The number of nitrogens with one attached hydrogen (secondary N) is 2. The van der Waals surface area contributed by atoms with Gasteiger partial charge < -0.3 is 15.2 Å². The molecule has 2 amide bonds. The Morgan fingerprint density at radius 3 is 2.35 bits per heavy atom. The molecule has 0 atom stereocenters. The number of aromatic nitrogens is 1. The number of hydrogen-bond acceptors (Lipinski definition) is 4. The highest BCUT2D eigenvalue weighted by atomic mass is 19.1. The van der Waals surface area contributed by atoms with E-state index in [4.69, 9.17) is 4.52 Å². The standard InChI is InChI=1S/C19H16FN3O3/c1-12-8-17(26-23-12)19(25)22-16-7-3-6-15(10-16)21-18(24)14-5-2-4-13(9-14)11-20/h2-10H,11H2,1H3,(H,21,24)(H,22,25). The molecule has 3 aromatic rings. The Balaban J connectivity index is 1.70. The highest BCUT2D eigenvalue weighted by Gasteiger charge is 2.12. The number of carbonyl (C=O) groups is 2. The van der Waals surface area contributed by atoms with Crippen LogP contribution in [0.4, 0.5) is 15.8 Å². The van der Waals surface area contributed by atoms with Crippen LogP contribution >= 0.6 is 0 Å². The fourth-order valence-corrected chi connectivity index (χ4v) is 2.34. The van der Waals surface area contributed by atoms with Gasteiger partial charge in [-0.2, -0.15) is 0 Å². The van der Waals surface area contributed by atoms with Crippen molar-refractivity contribution in [3.63, 3.8) is 0 Å². The van der Waals surface area contributed by atoms with Gasteiger partial charge in [-0.3, -0.25) is 9.59 Å². The number of rotatable bonds is 5. The number of benzene rings is 2. The molecule has 0 saturated heterocycles.